The highest BCUT2D eigenvalue weighted by molar-refractivity contribution is 7.22. The summed E-state index contributed by atoms with van der Waals surface area (Å²) in [7, 11) is 0. The van der Waals surface area contributed by atoms with E-state index in [2.05, 4.69) is 44.5 Å². The van der Waals surface area contributed by atoms with E-state index < -0.39 is 0 Å². The number of anilines is 1. The minimum absolute atomic E-state index is 0.255. The zero-order valence-electron chi connectivity index (χ0n) is 14.2. The maximum absolute atomic E-state index is 12.5. The van der Waals surface area contributed by atoms with Crippen molar-refractivity contribution in [2.75, 3.05) is 5.32 Å². The summed E-state index contributed by atoms with van der Waals surface area (Å²) >= 11 is 1.75. The fraction of sp³-hybridized carbons (Fsp3) is 0.0476. The zero-order chi connectivity index (χ0) is 18.2. The lowest BCUT2D eigenvalue weighted by atomic mass is 10.0. The molecular formula is C21H14N4OS. The molecular weight excluding hydrogens is 356 g/mol. The highest BCUT2D eigenvalue weighted by atomic mass is 32.1. The molecule has 4 aromatic rings. The molecule has 6 heteroatoms. The van der Waals surface area contributed by atoms with Crippen LogP contribution in [0.2, 0.25) is 0 Å². The van der Waals surface area contributed by atoms with Crippen molar-refractivity contribution in [1.82, 2.24) is 9.97 Å². The molecule has 5 nitrogen and oxygen atoms in total. The molecule has 0 saturated carbocycles. The third kappa shape index (κ3) is 2.90. The van der Waals surface area contributed by atoms with Gasteiger partial charge in [0, 0.05) is 33.2 Å². The molecule has 1 aliphatic heterocycles. The predicted octanol–water partition coefficient (Wildman–Crippen LogP) is 4.54. The van der Waals surface area contributed by atoms with E-state index in [1.807, 2.05) is 24.4 Å². The van der Waals surface area contributed by atoms with Crippen LogP contribution in [0, 0.1) is 0 Å². The Kier molecular flexibility index (Phi) is 3.76. The second-order valence-corrected chi connectivity index (χ2v) is 7.34. The smallest absolute Gasteiger partial charge is 0.274 e. The Morgan fingerprint density at radius 3 is 2.89 bits per heavy atom. The number of benzene rings is 2. The topological polar surface area (TPSA) is 67.2 Å². The van der Waals surface area contributed by atoms with E-state index in [0.29, 0.717) is 12.2 Å². The van der Waals surface area contributed by atoms with Gasteiger partial charge in [0.15, 0.2) is 0 Å². The van der Waals surface area contributed by atoms with Crippen molar-refractivity contribution in [3.05, 3.63) is 77.9 Å². The Bertz CT molecular complexity index is 1160. The van der Waals surface area contributed by atoms with Crippen LogP contribution in [0.3, 0.4) is 0 Å². The quantitative estimate of drug-likeness (QED) is 0.575. The number of nitrogens with one attached hydrogen (secondary N) is 1. The molecule has 3 heterocycles. The number of fused-ring (bicyclic) bond motifs is 2. The van der Waals surface area contributed by atoms with Crippen molar-refractivity contribution in [2.45, 2.75) is 6.54 Å². The molecule has 2 aromatic carbocycles. The SMILES string of the molecule is O=C(Nc1cc2c(c(-c3cc4ccccc4s3)c1)CN=C2)c1ccncn1. The third-order valence-electron chi connectivity index (χ3n) is 4.53. The number of hydrogen-bond acceptors (Lipinski definition) is 5. The van der Waals surface area contributed by atoms with Crippen LogP contribution in [-0.2, 0) is 6.54 Å². The summed E-state index contributed by atoms with van der Waals surface area (Å²) in [6.45, 7) is 0.666. The highest BCUT2D eigenvalue weighted by Crippen LogP contribution is 2.39. The van der Waals surface area contributed by atoms with Crippen LogP contribution in [0.4, 0.5) is 5.69 Å². The molecule has 1 aliphatic rings. The van der Waals surface area contributed by atoms with Crippen LogP contribution >= 0.6 is 11.3 Å². The average Bonchev–Trinajstić information content (AvgIpc) is 3.34. The van der Waals surface area contributed by atoms with E-state index in [9.17, 15) is 4.79 Å². The fourth-order valence-corrected chi connectivity index (χ4v) is 4.35. The maximum atomic E-state index is 12.5. The Morgan fingerprint density at radius 1 is 1.11 bits per heavy atom. The lowest BCUT2D eigenvalue weighted by Crippen LogP contribution is -2.14. The molecule has 0 fully saturated rings. The van der Waals surface area contributed by atoms with E-state index in [-0.39, 0.29) is 5.91 Å². The first-order valence-electron chi connectivity index (χ1n) is 8.51. The van der Waals surface area contributed by atoms with Crippen molar-refractivity contribution in [3.63, 3.8) is 0 Å². The van der Waals surface area contributed by atoms with Crippen LogP contribution in [0.15, 0.2) is 66.0 Å². The molecule has 27 heavy (non-hydrogen) atoms. The van der Waals surface area contributed by atoms with Gasteiger partial charge in [0.05, 0.1) is 6.54 Å². The van der Waals surface area contributed by atoms with Crippen molar-refractivity contribution in [3.8, 4) is 10.4 Å². The number of carbonyl (C=O) groups excluding carboxylic acids is 1. The summed E-state index contributed by atoms with van der Waals surface area (Å²) in [6, 6.07) is 16.1. The standard InChI is InChI=1S/C21H14N4OS/c26-21(18-5-6-22-12-24-18)25-15-7-14-10-23-11-17(14)16(9-15)20-8-13-3-1-2-4-19(13)27-20/h1-10,12H,11H2,(H,25,26). The first-order chi connectivity index (χ1) is 13.3. The van der Waals surface area contributed by atoms with E-state index in [1.165, 1.54) is 26.9 Å². The van der Waals surface area contributed by atoms with Gasteiger partial charge in [0.2, 0.25) is 0 Å². The van der Waals surface area contributed by atoms with Gasteiger partial charge in [-0.15, -0.1) is 11.3 Å². The first-order valence-corrected chi connectivity index (χ1v) is 9.33. The number of hydrogen-bond donors (Lipinski definition) is 1. The molecule has 0 spiro atoms. The Balaban J connectivity index is 1.57. The van der Waals surface area contributed by atoms with E-state index >= 15 is 0 Å². The molecule has 0 radical (unpaired) electrons. The molecule has 2 aromatic heterocycles. The predicted molar refractivity (Wildman–Crippen MR) is 109 cm³/mol. The van der Waals surface area contributed by atoms with Gasteiger partial charge >= 0.3 is 0 Å². The number of aliphatic imine (C=N–C) groups is 1. The number of thiophene rings is 1. The lowest BCUT2D eigenvalue weighted by molar-refractivity contribution is 0.102. The largest absolute Gasteiger partial charge is 0.321 e. The molecule has 0 bridgehead atoms. The Morgan fingerprint density at radius 2 is 2.04 bits per heavy atom. The van der Waals surface area contributed by atoms with Crippen LogP contribution in [-0.4, -0.2) is 22.1 Å². The first kappa shape index (κ1) is 15.8. The summed E-state index contributed by atoms with van der Waals surface area (Å²) < 4.78 is 1.25. The van der Waals surface area contributed by atoms with Crippen molar-refractivity contribution in [2.24, 2.45) is 4.99 Å². The van der Waals surface area contributed by atoms with Crippen LogP contribution in [0.1, 0.15) is 21.6 Å². The molecule has 0 unspecified atom stereocenters. The second-order valence-electron chi connectivity index (χ2n) is 6.26. The van der Waals surface area contributed by atoms with Gasteiger partial charge in [-0.3, -0.25) is 9.79 Å². The third-order valence-corrected chi connectivity index (χ3v) is 5.68. The summed E-state index contributed by atoms with van der Waals surface area (Å²) in [5.41, 5.74) is 4.43. The average molecular weight is 370 g/mol. The molecule has 0 aliphatic carbocycles. The summed E-state index contributed by atoms with van der Waals surface area (Å²) in [4.78, 5) is 25.9. The van der Waals surface area contributed by atoms with Gasteiger partial charge in [-0.2, -0.15) is 0 Å². The fourth-order valence-electron chi connectivity index (χ4n) is 3.25. The zero-order valence-corrected chi connectivity index (χ0v) is 15.0. The molecule has 0 saturated heterocycles. The van der Waals surface area contributed by atoms with Crippen molar-refractivity contribution in [1.29, 1.82) is 0 Å². The lowest BCUT2D eigenvalue weighted by Gasteiger charge is -2.11. The monoisotopic (exact) mass is 370 g/mol. The van der Waals surface area contributed by atoms with Crippen LogP contribution in [0.25, 0.3) is 20.5 Å². The maximum Gasteiger partial charge on any atom is 0.274 e. The second kappa shape index (κ2) is 6.41. The minimum Gasteiger partial charge on any atom is -0.321 e. The van der Waals surface area contributed by atoms with E-state index in [0.717, 1.165) is 16.8 Å². The minimum atomic E-state index is -0.255. The molecule has 130 valence electrons. The molecule has 5 rings (SSSR count). The molecule has 1 N–H and O–H groups in total. The van der Waals surface area contributed by atoms with E-state index in [1.54, 1.807) is 23.6 Å². The summed E-state index contributed by atoms with van der Waals surface area (Å²) in [5, 5.41) is 4.17. The Labute approximate surface area is 159 Å². The summed E-state index contributed by atoms with van der Waals surface area (Å²) in [5.74, 6) is -0.255. The Hall–Kier alpha value is -3.38. The summed E-state index contributed by atoms with van der Waals surface area (Å²) in [6.07, 6.45) is 4.79. The van der Waals surface area contributed by atoms with Gasteiger partial charge in [0.1, 0.15) is 12.0 Å². The van der Waals surface area contributed by atoms with E-state index in [4.69, 9.17) is 0 Å². The normalized spacial score (nSPS) is 12.3. The number of aromatic nitrogens is 2. The number of amides is 1. The van der Waals surface area contributed by atoms with Gasteiger partial charge in [0.25, 0.3) is 5.91 Å². The van der Waals surface area contributed by atoms with Gasteiger partial charge in [-0.25, -0.2) is 9.97 Å². The van der Waals surface area contributed by atoms with Crippen LogP contribution in [0.5, 0.6) is 0 Å². The van der Waals surface area contributed by atoms with Gasteiger partial charge in [-0.1, -0.05) is 18.2 Å². The van der Waals surface area contributed by atoms with Gasteiger partial charge in [-0.05, 0) is 46.8 Å². The number of rotatable bonds is 3. The number of carbonyl (C=O) groups is 1. The molecule has 1 amide bonds. The number of nitrogens with zero attached hydrogens (tertiary/aromatic N) is 3. The van der Waals surface area contributed by atoms with Crippen molar-refractivity contribution >= 4 is 39.2 Å². The molecule has 0 atom stereocenters. The van der Waals surface area contributed by atoms with Crippen molar-refractivity contribution < 1.29 is 4.79 Å². The van der Waals surface area contributed by atoms with Crippen LogP contribution < -0.4 is 5.32 Å². The van der Waals surface area contributed by atoms with Gasteiger partial charge < -0.3 is 5.32 Å². The highest BCUT2D eigenvalue weighted by Gasteiger charge is 2.18.